The van der Waals surface area contributed by atoms with Crippen molar-refractivity contribution in [1.82, 2.24) is 0 Å². The molecule has 8 heteroatoms. The Balaban J connectivity index is 2.62. The summed E-state index contributed by atoms with van der Waals surface area (Å²) in [4.78, 5) is 20.2. The fraction of sp³-hybridized carbons (Fsp3) is 0.533. The number of ketones is 1. The van der Waals surface area contributed by atoms with E-state index in [-0.39, 0.29) is 12.4 Å². The topological polar surface area (TPSA) is 63.6 Å². The van der Waals surface area contributed by atoms with Crippen molar-refractivity contribution < 1.29 is 27.6 Å². The van der Waals surface area contributed by atoms with Gasteiger partial charge < -0.3 is 14.2 Å². The summed E-state index contributed by atoms with van der Waals surface area (Å²) in [7, 11) is -5.04. The first-order chi connectivity index (χ1) is 10.7. The van der Waals surface area contributed by atoms with Crippen LogP contribution in [0.1, 0.15) is 37.8 Å². The maximum absolute atomic E-state index is 14.0. The van der Waals surface area contributed by atoms with Crippen LogP contribution in [0, 0.1) is 0 Å². The predicted molar refractivity (Wildman–Crippen MR) is 87.9 cm³/mol. The summed E-state index contributed by atoms with van der Waals surface area (Å²) in [6.45, 7) is 2.66. The van der Waals surface area contributed by atoms with Crippen molar-refractivity contribution in [3.63, 3.8) is 0 Å². The fourth-order valence-electron chi connectivity index (χ4n) is 1.83. The van der Waals surface area contributed by atoms with Crippen LogP contribution in [-0.2, 0) is 25.3 Å². The van der Waals surface area contributed by atoms with Crippen LogP contribution in [0.15, 0.2) is 24.3 Å². The van der Waals surface area contributed by atoms with Crippen LogP contribution in [0.4, 0.5) is 8.78 Å². The monoisotopic (exact) mass is 366 g/mol. The first-order valence-corrected chi connectivity index (χ1v) is 9.95. The molecular formula is C15H21F2O4PS. The molecule has 1 atom stereocenters. The smallest absolute Gasteiger partial charge is 0.320 e. The first kappa shape index (κ1) is 20.3. The molecule has 1 unspecified atom stereocenters. The van der Waals surface area contributed by atoms with Gasteiger partial charge in [0.2, 0.25) is 0 Å². The Hall–Kier alpha value is -0.750. The molecular weight excluding hydrogens is 345 g/mol. The van der Waals surface area contributed by atoms with Gasteiger partial charge in [-0.1, -0.05) is 24.3 Å². The van der Waals surface area contributed by atoms with Crippen molar-refractivity contribution >= 4 is 25.1 Å². The molecule has 1 aromatic rings. The highest BCUT2D eigenvalue weighted by atomic mass is 32.2. The van der Waals surface area contributed by atoms with E-state index in [1.165, 1.54) is 19.1 Å². The van der Waals surface area contributed by atoms with Crippen LogP contribution in [0.3, 0.4) is 0 Å². The van der Waals surface area contributed by atoms with Crippen molar-refractivity contribution in [1.29, 1.82) is 0 Å². The van der Waals surface area contributed by atoms with E-state index in [0.717, 1.165) is 29.9 Å². The van der Waals surface area contributed by atoms with Crippen LogP contribution in [-0.4, -0.2) is 23.0 Å². The van der Waals surface area contributed by atoms with Gasteiger partial charge in [0.15, 0.2) is 0 Å². The van der Waals surface area contributed by atoms with E-state index in [4.69, 9.17) is 0 Å². The number of thioether (sulfide) groups is 1. The first-order valence-electron chi connectivity index (χ1n) is 7.22. The third-order valence-corrected chi connectivity index (χ3v) is 5.74. The number of hydrogen-bond acceptors (Lipinski definition) is 4. The number of Topliss-reactive ketones (excluding diaryl/α,β-unsaturated/α-hetero) is 1. The fourth-order valence-corrected chi connectivity index (χ4v) is 3.74. The van der Waals surface area contributed by atoms with Gasteiger partial charge in [-0.3, -0.25) is 4.57 Å². The lowest BCUT2D eigenvalue weighted by Crippen LogP contribution is -2.15. The molecule has 0 aliphatic rings. The summed E-state index contributed by atoms with van der Waals surface area (Å²) in [5.41, 5.74) is -3.64. The second kappa shape index (κ2) is 8.92. The van der Waals surface area contributed by atoms with E-state index in [1.807, 2.05) is 0 Å². The molecule has 0 saturated heterocycles. The number of hydrogen-bond donors (Lipinski definition) is 1. The molecule has 130 valence electrons. The lowest BCUT2D eigenvalue weighted by Gasteiger charge is -2.22. The quantitative estimate of drug-likeness (QED) is 0.486. The van der Waals surface area contributed by atoms with E-state index in [1.54, 1.807) is 18.7 Å². The second-order valence-electron chi connectivity index (χ2n) is 5.03. The molecule has 0 heterocycles. The minimum Gasteiger partial charge on any atom is -0.320 e. The van der Waals surface area contributed by atoms with Crippen molar-refractivity contribution in [2.45, 2.75) is 38.1 Å². The van der Waals surface area contributed by atoms with Gasteiger partial charge in [0.25, 0.3) is 0 Å². The Morgan fingerprint density at radius 3 is 2.48 bits per heavy atom. The molecule has 1 N–H and O–H groups in total. The van der Waals surface area contributed by atoms with Gasteiger partial charge in [0, 0.05) is 17.7 Å². The number of carbonyl (C=O) groups is 1. The molecule has 0 bridgehead atoms. The van der Waals surface area contributed by atoms with Crippen LogP contribution in [0.25, 0.3) is 0 Å². The van der Waals surface area contributed by atoms with Gasteiger partial charge >= 0.3 is 13.3 Å². The van der Waals surface area contributed by atoms with E-state index in [2.05, 4.69) is 4.52 Å². The molecule has 0 amide bonds. The summed E-state index contributed by atoms with van der Waals surface area (Å²) in [5, 5.41) is 0. The van der Waals surface area contributed by atoms with Gasteiger partial charge in [-0.25, -0.2) is 0 Å². The van der Waals surface area contributed by atoms with Gasteiger partial charge in [-0.2, -0.15) is 20.5 Å². The Morgan fingerprint density at radius 2 is 1.96 bits per heavy atom. The van der Waals surface area contributed by atoms with Gasteiger partial charge in [0.1, 0.15) is 5.78 Å². The van der Waals surface area contributed by atoms with Crippen molar-refractivity contribution in [2.24, 2.45) is 0 Å². The van der Waals surface area contributed by atoms with Gasteiger partial charge in [0.05, 0.1) is 6.61 Å². The molecule has 0 saturated carbocycles. The minimum atomic E-state index is -5.04. The van der Waals surface area contributed by atoms with Crippen LogP contribution in [0.5, 0.6) is 0 Å². The zero-order chi connectivity index (χ0) is 17.5. The molecule has 0 aromatic heterocycles. The number of rotatable bonds is 10. The highest BCUT2D eigenvalue weighted by Gasteiger charge is 2.52. The largest absolute Gasteiger partial charge is 0.401 e. The maximum atomic E-state index is 14.0. The minimum absolute atomic E-state index is 0.153. The highest BCUT2D eigenvalue weighted by molar-refractivity contribution is 7.98. The molecule has 0 aliphatic carbocycles. The summed E-state index contributed by atoms with van der Waals surface area (Å²) < 4.78 is 43.9. The van der Waals surface area contributed by atoms with E-state index < -0.39 is 18.8 Å². The average molecular weight is 366 g/mol. The average Bonchev–Trinajstić information content (AvgIpc) is 2.47. The lowest BCUT2D eigenvalue weighted by molar-refractivity contribution is -0.117. The van der Waals surface area contributed by atoms with E-state index in [0.29, 0.717) is 12.2 Å². The van der Waals surface area contributed by atoms with Crippen molar-refractivity contribution in [2.75, 3.05) is 12.4 Å². The lowest BCUT2D eigenvalue weighted by atomic mass is 10.1. The third kappa shape index (κ3) is 5.99. The van der Waals surface area contributed by atoms with E-state index in [9.17, 15) is 23.0 Å². The van der Waals surface area contributed by atoms with Crippen molar-refractivity contribution in [3.8, 4) is 0 Å². The van der Waals surface area contributed by atoms with Gasteiger partial charge in [-0.15, -0.1) is 0 Å². The Kier molecular flexibility index (Phi) is 7.87. The number of carbonyl (C=O) groups excluding carboxylic acids is 1. The predicted octanol–water partition coefficient (Wildman–Crippen LogP) is 4.56. The SMILES string of the molecule is CCOP(=O)(O)C(F)(F)c1ccc(CSCCCC(C)=O)cc1. The highest BCUT2D eigenvalue weighted by Crippen LogP contribution is 2.62. The van der Waals surface area contributed by atoms with Crippen LogP contribution < -0.4 is 0 Å². The number of halogens is 2. The molecule has 0 aliphatic heterocycles. The van der Waals surface area contributed by atoms with E-state index >= 15 is 0 Å². The molecule has 1 aromatic carbocycles. The summed E-state index contributed by atoms with van der Waals surface area (Å²) in [6.07, 6.45) is 1.33. The number of benzene rings is 1. The molecule has 23 heavy (non-hydrogen) atoms. The van der Waals surface area contributed by atoms with Crippen molar-refractivity contribution in [3.05, 3.63) is 35.4 Å². The molecule has 0 fully saturated rings. The Labute approximate surface area is 139 Å². The third-order valence-electron chi connectivity index (χ3n) is 3.05. The normalized spacial score (nSPS) is 14.5. The molecule has 4 nitrogen and oxygen atoms in total. The zero-order valence-corrected chi connectivity index (χ0v) is 14.8. The van der Waals surface area contributed by atoms with Gasteiger partial charge in [-0.05, 0) is 31.6 Å². The Morgan fingerprint density at radius 1 is 1.35 bits per heavy atom. The summed E-state index contributed by atoms with van der Waals surface area (Å²) >= 11 is 1.61. The molecule has 1 rings (SSSR count). The zero-order valence-electron chi connectivity index (χ0n) is 13.1. The standard InChI is InChI=1S/C15H21F2O4PS/c1-3-21-22(19,20)15(16,17)14-8-6-13(7-9-14)11-23-10-4-5-12(2)18/h6-9H,3-5,10-11H2,1-2H3,(H,19,20). The second-order valence-corrected chi connectivity index (χ2v) is 8.00. The summed E-state index contributed by atoms with van der Waals surface area (Å²) in [5.74, 6) is 1.60. The molecule has 0 radical (unpaired) electrons. The van der Waals surface area contributed by atoms with Crippen LogP contribution in [0.2, 0.25) is 0 Å². The Bertz CT molecular complexity index is 563. The number of alkyl halides is 2. The maximum Gasteiger partial charge on any atom is 0.401 e. The summed E-state index contributed by atoms with van der Waals surface area (Å²) in [6, 6.07) is 5.31. The molecule has 0 spiro atoms. The van der Waals surface area contributed by atoms with Crippen LogP contribution >= 0.6 is 19.4 Å².